The van der Waals surface area contributed by atoms with Crippen LogP contribution in [0.15, 0.2) is 75.4 Å². The van der Waals surface area contributed by atoms with Crippen LogP contribution in [0.25, 0.3) is 20.4 Å². The zero-order valence-corrected chi connectivity index (χ0v) is 33.4. The van der Waals surface area contributed by atoms with Crippen molar-refractivity contribution in [2.75, 3.05) is 10.0 Å². The van der Waals surface area contributed by atoms with E-state index in [1.54, 1.807) is 33.8 Å². The summed E-state index contributed by atoms with van der Waals surface area (Å²) in [6, 6.07) is 13.6. The Kier molecular flexibility index (Phi) is 11.0. The van der Waals surface area contributed by atoms with Crippen molar-refractivity contribution in [3.05, 3.63) is 66.2 Å². The summed E-state index contributed by atoms with van der Waals surface area (Å²) in [7, 11) is -12.0. The Morgan fingerprint density at radius 3 is 1.53 bits per heavy atom. The number of aromatic nitrogens is 2. The maximum atomic E-state index is 13.6. The van der Waals surface area contributed by atoms with Gasteiger partial charge in [-0.2, -0.15) is 8.61 Å². The number of thiazole rings is 2. The maximum absolute atomic E-state index is 13.6. The summed E-state index contributed by atoms with van der Waals surface area (Å²) in [4.78, 5) is 22.1. The lowest BCUT2D eigenvalue weighted by molar-refractivity contribution is 0.102. The van der Waals surface area contributed by atoms with Crippen LogP contribution in [-0.4, -0.2) is 73.9 Å². The molecule has 3 aromatic carbocycles. The summed E-state index contributed by atoms with van der Waals surface area (Å²) in [5.74, 6) is -0.743. The lowest BCUT2D eigenvalue weighted by atomic mass is 10.2. The minimum atomic E-state index is -4.35. The molecule has 0 aliphatic rings. The summed E-state index contributed by atoms with van der Waals surface area (Å²) in [6.45, 7) is 14.4. The summed E-state index contributed by atoms with van der Waals surface area (Å²) in [6.07, 6.45) is 0. The molecule has 0 aliphatic carbocycles. The van der Waals surface area contributed by atoms with Crippen LogP contribution in [-0.2, 0) is 30.1 Å². The highest BCUT2D eigenvalue weighted by Crippen LogP contribution is 2.33. The van der Waals surface area contributed by atoms with Gasteiger partial charge in [0.2, 0.25) is 20.0 Å². The molecule has 2 heterocycles. The molecule has 0 atom stereocenters. The van der Waals surface area contributed by atoms with E-state index in [2.05, 4.69) is 20.0 Å². The van der Waals surface area contributed by atoms with Crippen molar-refractivity contribution < 1.29 is 30.0 Å². The Hall–Kier alpha value is -3.52. The molecule has 13 nitrogen and oxygen atoms in total. The van der Waals surface area contributed by atoms with E-state index in [4.69, 9.17) is 0 Å². The van der Waals surface area contributed by atoms with Gasteiger partial charge in [0.05, 0.1) is 35.8 Å². The molecule has 0 spiro atoms. The number of anilines is 2. The number of sulfonamides is 3. The minimum Gasteiger partial charge on any atom is -0.298 e. The minimum absolute atomic E-state index is 0.00948. The second-order valence-electron chi connectivity index (χ2n) is 12.9. The molecule has 51 heavy (non-hydrogen) atoms. The average molecular weight is 793 g/mol. The number of hydrogen-bond donors (Lipinski definition) is 2. The largest absolute Gasteiger partial charge is 0.298 e. The van der Waals surface area contributed by atoms with Gasteiger partial charge in [0, 0.05) is 24.2 Å². The maximum Gasteiger partial charge on any atom is 0.264 e. The number of nitrogens with zero attached hydrogens (tertiary/aromatic N) is 4. The van der Waals surface area contributed by atoms with E-state index in [-0.39, 0.29) is 54.7 Å². The first kappa shape index (κ1) is 38.7. The molecule has 0 saturated carbocycles. The topological polar surface area (TPSA) is 176 Å². The molecule has 2 aromatic heterocycles. The molecule has 2 N–H and O–H groups in total. The standard InChI is InChI=1S/C33H40N6O7S5/c1-19(2)38(20(3)4)50(43,44)23-13-15-26-28(17-23)47-32(34-26)36-31(40)25-11-9-10-12-30(25)49(41,42)37-33-35-27-16-14-24(18-29(27)48-33)51(45,46)39(21(5)6)22(7)8/h9-22H,1-8H3,(H,35,37)(H,34,36,40). The number of rotatable bonds is 13. The fourth-order valence-corrected chi connectivity index (χ4v) is 13.1. The van der Waals surface area contributed by atoms with Gasteiger partial charge in [-0.25, -0.2) is 35.2 Å². The summed E-state index contributed by atoms with van der Waals surface area (Å²) in [5, 5.41) is 2.79. The van der Waals surface area contributed by atoms with Crippen LogP contribution in [0.2, 0.25) is 0 Å². The van der Waals surface area contributed by atoms with Gasteiger partial charge >= 0.3 is 0 Å². The Bertz CT molecular complexity index is 2420. The van der Waals surface area contributed by atoms with E-state index in [1.807, 2.05) is 27.7 Å². The Morgan fingerprint density at radius 1 is 0.627 bits per heavy atom. The molecule has 18 heteroatoms. The normalized spacial score (nSPS) is 13.1. The molecule has 1 amide bonds. The summed E-state index contributed by atoms with van der Waals surface area (Å²) >= 11 is 2.02. The highest BCUT2D eigenvalue weighted by Gasteiger charge is 2.32. The second-order valence-corrected chi connectivity index (χ2v) is 20.3. The number of fused-ring (bicyclic) bond motifs is 2. The Morgan fingerprint density at radius 2 is 1.06 bits per heavy atom. The van der Waals surface area contributed by atoms with Gasteiger partial charge in [0.25, 0.3) is 15.9 Å². The van der Waals surface area contributed by atoms with E-state index in [1.165, 1.54) is 63.2 Å². The van der Waals surface area contributed by atoms with Crippen molar-refractivity contribution in [3.63, 3.8) is 0 Å². The molecule has 0 radical (unpaired) electrons. The SMILES string of the molecule is CC(C)N(C(C)C)S(=O)(=O)c1ccc2nc(NC(=O)c3ccccc3S(=O)(=O)Nc3nc4ccc(S(=O)(=O)N(C(C)C)C(C)C)cc4s3)sc2c1. The Labute approximate surface area is 306 Å². The van der Waals surface area contributed by atoms with E-state index >= 15 is 0 Å². The summed E-state index contributed by atoms with van der Waals surface area (Å²) < 4.78 is 87.2. The van der Waals surface area contributed by atoms with Crippen molar-refractivity contribution in [2.24, 2.45) is 0 Å². The van der Waals surface area contributed by atoms with E-state index in [0.29, 0.717) is 20.4 Å². The molecule has 5 aromatic rings. The summed E-state index contributed by atoms with van der Waals surface area (Å²) in [5.41, 5.74) is 0.704. The lowest BCUT2D eigenvalue weighted by Crippen LogP contribution is -2.41. The molecule has 274 valence electrons. The Balaban J connectivity index is 1.39. The fourth-order valence-electron chi connectivity index (χ4n) is 6.00. The molecule has 5 rings (SSSR count). The van der Waals surface area contributed by atoms with Crippen LogP contribution in [0.5, 0.6) is 0 Å². The quantitative estimate of drug-likeness (QED) is 0.134. The smallest absolute Gasteiger partial charge is 0.264 e. The van der Waals surface area contributed by atoms with Crippen molar-refractivity contribution in [1.82, 2.24) is 18.6 Å². The highest BCUT2D eigenvalue weighted by molar-refractivity contribution is 7.93. The van der Waals surface area contributed by atoms with Gasteiger partial charge in [-0.05, 0) is 104 Å². The van der Waals surface area contributed by atoms with E-state index in [9.17, 15) is 30.0 Å². The number of amides is 1. The zero-order valence-electron chi connectivity index (χ0n) is 29.3. The van der Waals surface area contributed by atoms with Gasteiger partial charge < -0.3 is 0 Å². The molecular weight excluding hydrogens is 753 g/mol. The number of benzene rings is 3. The van der Waals surface area contributed by atoms with Crippen LogP contribution in [0, 0.1) is 0 Å². The van der Waals surface area contributed by atoms with Crippen molar-refractivity contribution >= 4 is 89.3 Å². The number of carbonyl (C=O) groups excluding carboxylic acids is 1. The van der Waals surface area contributed by atoms with Gasteiger partial charge in [-0.1, -0.05) is 34.8 Å². The second kappa shape index (κ2) is 14.5. The lowest BCUT2D eigenvalue weighted by Gasteiger charge is -2.29. The highest BCUT2D eigenvalue weighted by atomic mass is 32.2. The predicted molar refractivity (Wildman–Crippen MR) is 203 cm³/mol. The third kappa shape index (κ3) is 7.81. The first-order valence-corrected chi connectivity index (χ1v) is 22.0. The molecular formula is C33H40N6O7S5. The number of carbonyl (C=O) groups is 1. The molecule has 0 unspecified atom stereocenters. The molecule has 0 fully saturated rings. The predicted octanol–water partition coefficient (Wildman–Crippen LogP) is 6.57. The van der Waals surface area contributed by atoms with Crippen LogP contribution in [0.4, 0.5) is 10.3 Å². The van der Waals surface area contributed by atoms with E-state index < -0.39 is 36.0 Å². The third-order valence-electron chi connectivity index (χ3n) is 7.77. The first-order valence-electron chi connectivity index (χ1n) is 16.1. The van der Waals surface area contributed by atoms with Crippen molar-refractivity contribution in [1.29, 1.82) is 0 Å². The van der Waals surface area contributed by atoms with Crippen LogP contribution in [0.3, 0.4) is 0 Å². The zero-order chi connectivity index (χ0) is 37.6. The van der Waals surface area contributed by atoms with Crippen molar-refractivity contribution in [3.8, 4) is 0 Å². The van der Waals surface area contributed by atoms with Crippen LogP contribution < -0.4 is 10.0 Å². The average Bonchev–Trinajstić information content (AvgIpc) is 3.61. The number of nitrogens with one attached hydrogen (secondary N) is 2. The first-order chi connectivity index (χ1) is 23.7. The van der Waals surface area contributed by atoms with Crippen molar-refractivity contribution in [2.45, 2.75) is 94.2 Å². The monoisotopic (exact) mass is 792 g/mol. The molecule has 0 bridgehead atoms. The van der Waals surface area contributed by atoms with Crippen LogP contribution >= 0.6 is 22.7 Å². The number of hydrogen-bond acceptors (Lipinski definition) is 11. The molecule has 0 saturated heterocycles. The fraction of sp³-hybridized carbons (Fsp3) is 0.364. The molecule has 0 aliphatic heterocycles. The van der Waals surface area contributed by atoms with Gasteiger partial charge in [0.15, 0.2) is 10.3 Å². The van der Waals surface area contributed by atoms with E-state index in [0.717, 1.165) is 22.7 Å². The van der Waals surface area contributed by atoms with Gasteiger partial charge in [-0.3, -0.25) is 14.8 Å². The third-order valence-corrected chi connectivity index (χ3v) is 15.7. The van der Waals surface area contributed by atoms with Gasteiger partial charge in [0.1, 0.15) is 4.90 Å². The van der Waals surface area contributed by atoms with Gasteiger partial charge in [-0.15, -0.1) is 0 Å². The van der Waals surface area contributed by atoms with Crippen LogP contribution in [0.1, 0.15) is 65.7 Å².